The van der Waals surface area contributed by atoms with Gasteiger partial charge in [0.05, 0.1) is 10.9 Å². The summed E-state index contributed by atoms with van der Waals surface area (Å²) in [6.07, 6.45) is 0.603. The van der Waals surface area contributed by atoms with Gasteiger partial charge in [-0.3, -0.25) is 4.79 Å². The number of aromatic nitrogens is 2. The Bertz CT molecular complexity index is 1760. The molecule has 5 rings (SSSR count). The summed E-state index contributed by atoms with van der Waals surface area (Å²) in [6.45, 7) is 10.2. The van der Waals surface area contributed by atoms with Crippen molar-refractivity contribution >= 4 is 33.7 Å². The SMILES string of the molecule is CCC(C)C(NC(=O)c1cc(O)c2c(ccc3[nH]c(-c4cccc(-c5ccc(C(C)(C)C)cc5)c4)nc32)c1)C(=O)O. The van der Waals surface area contributed by atoms with E-state index in [0.717, 1.165) is 22.2 Å². The summed E-state index contributed by atoms with van der Waals surface area (Å²) in [6, 6.07) is 22.4. The Labute approximate surface area is 239 Å². The molecule has 0 fully saturated rings. The number of phenolic OH excluding ortho intramolecular Hbond substituents is 1. The van der Waals surface area contributed by atoms with Crippen LogP contribution in [0.1, 0.15) is 57.0 Å². The van der Waals surface area contributed by atoms with E-state index in [4.69, 9.17) is 4.98 Å². The smallest absolute Gasteiger partial charge is 0.326 e. The Morgan fingerprint density at radius 3 is 2.32 bits per heavy atom. The third kappa shape index (κ3) is 5.53. The fourth-order valence-corrected chi connectivity index (χ4v) is 5.09. The van der Waals surface area contributed by atoms with Gasteiger partial charge in [-0.25, -0.2) is 9.78 Å². The minimum absolute atomic E-state index is 0.0854. The zero-order chi connectivity index (χ0) is 29.5. The minimum atomic E-state index is -1.09. The van der Waals surface area contributed by atoms with Crippen LogP contribution in [0.2, 0.25) is 0 Å². The number of benzene rings is 4. The number of imidazole rings is 1. The predicted molar refractivity (Wildman–Crippen MR) is 163 cm³/mol. The van der Waals surface area contributed by atoms with Crippen LogP contribution in [0.4, 0.5) is 0 Å². The van der Waals surface area contributed by atoms with Crippen molar-refractivity contribution in [3.63, 3.8) is 0 Å². The van der Waals surface area contributed by atoms with E-state index in [2.05, 4.69) is 67.5 Å². The van der Waals surface area contributed by atoms with Crippen molar-refractivity contribution in [3.05, 3.63) is 83.9 Å². The maximum atomic E-state index is 12.9. The zero-order valence-corrected chi connectivity index (χ0v) is 23.9. The normalized spacial score (nSPS) is 13.3. The molecule has 2 atom stereocenters. The third-order valence-corrected chi connectivity index (χ3v) is 7.79. The van der Waals surface area contributed by atoms with Crippen LogP contribution < -0.4 is 5.32 Å². The first-order chi connectivity index (χ1) is 19.5. The van der Waals surface area contributed by atoms with Crippen LogP contribution in [-0.2, 0) is 10.2 Å². The van der Waals surface area contributed by atoms with Crippen LogP contribution >= 0.6 is 0 Å². The number of carbonyl (C=O) groups excluding carboxylic acids is 1. The van der Waals surface area contributed by atoms with Crippen LogP contribution in [-0.4, -0.2) is 38.1 Å². The lowest BCUT2D eigenvalue weighted by atomic mass is 9.86. The van der Waals surface area contributed by atoms with Crippen LogP contribution in [0.25, 0.3) is 44.3 Å². The van der Waals surface area contributed by atoms with Gasteiger partial charge >= 0.3 is 5.97 Å². The van der Waals surface area contributed by atoms with Gasteiger partial charge in [0.15, 0.2) is 0 Å². The molecule has 0 radical (unpaired) electrons. The molecule has 0 aliphatic rings. The number of aliphatic carboxylic acids is 1. The van der Waals surface area contributed by atoms with Gasteiger partial charge in [-0.05, 0) is 57.7 Å². The number of carboxylic acids is 1. The summed E-state index contributed by atoms with van der Waals surface area (Å²) >= 11 is 0. The molecule has 0 aliphatic heterocycles. The van der Waals surface area contributed by atoms with E-state index < -0.39 is 17.9 Å². The first-order valence-corrected chi connectivity index (χ1v) is 13.9. The number of fused-ring (bicyclic) bond motifs is 3. The molecule has 0 bridgehead atoms. The monoisotopic (exact) mass is 549 g/mol. The highest BCUT2D eigenvalue weighted by Crippen LogP contribution is 2.35. The van der Waals surface area contributed by atoms with Crippen molar-refractivity contribution in [1.82, 2.24) is 15.3 Å². The summed E-state index contributed by atoms with van der Waals surface area (Å²) in [4.78, 5) is 32.8. The molecule has 4 N–H and O–H groups in total. The van der Waals surface area contributed by atoms with Crippen LogP contribution in [0, 0.1) is 5.92 Å². The summed E-state index contributed by atoms with van der Waals surface area (Å²) in [7, 11) is 0. The maximum absolute atomic E-state index is 12.9. The van der Waals surface area contributed by atoms with E-state index in [1.807, 2.05) is 31.2 Å². The summed E-state index contributed by atoms with van der Waals surface area (Å²) in [5.74, 6) is -1.31. The molecule has 2 unspecified atom stereocenters. The number of aromatic hydroxyl groups is 1. The molecular weight excluding hydrogens is 514 g/mol. The second-order valence-electron chi connectivity index (χ2n) is 11.7. The number of phenols is 1. The van der Waals surface area contributed by atoms with Crippen molar-refractivity contribution in [2.24, 2.45) is 5.92 Å². The highest BCUT2D eigenvalue weighted by atomic mass is 16.4. The van der Waals surface area contributed by atoms with E-state index in [0.29, 0.717) is 28.5 Å². The average Bonchev–Trinajstić information content (AvgIpc) is 3.39. The number of hydrogen-bond donors (Lipinski definition) is 4. The fourth-order valence-electron chi connectivity index (χ4n) is 5.09. The highest BCUT2D eigenvalue weighted by Gasteiger charge is 2.26. The topological polar surface area (TPSA) is 115 Å². The Hall–Kier alpha value is -4.65. The number of nitrogens with one attached hydrogen (secondary N) is 2. The van der Waals surface area contributed by atoms with Crippen molar-refractivity contribution < 1.29 is 19.8 Å². The molecule has 0 saturated carbocycles. The number of rotatable bonds is 7. The number of nitrogens with zero attached hydrogens (tertiary/aromatic N) is 1. The molecule has 1 aromatic heterocycles. The molecule has 41 heavy (non-hydrogen) atoms. The Balaban J connectivity index is 1.49. The summed E-state index contributed by atoms with van der Waals surface area (Å²) in [5, 5.41) is 24.3. The quantitative estimate of drug-likeness (QED) is 0.170. The van der Waals surface area contributed by atoms with E-state index in [-0.39, 0.29) is 22.6 Å². The molecule has 5 aromatic rings. The third-order valence-electron chi connectivity index (χ3n) is 7.79. The number of H-pyrrole nitrogens is 1. The maximum Gasteiger partial charge on any atom is 0.326 e. The van der Waals surface area contributed by atoms with Gasteiger partial charge in [0.2, 0.25) is 0 Å². The van der Waals surface area contributed by atoms with E-state index in [1.54, 1.807) is 13.0 Å². The van der Waals surface area contributed by atoms with Gasteiger partial charge in [0, 0.05) is 11.1 Å². The number of carbonyl (C=O) groups is 2. The second-order valence-corrected chi connectivity index (χ2v) is 11.7. The van der Waals surface area contributed by atoms with Crippen LogP contribution in [0.3, 0.4) is 0 Å². The average molecular weight is 550 g/mol. The molecule has 7 nitrogen and oxygen atoms in total. The molecule has 1 amide bonds. The molecule has 210 valence electrons. The largest absolute Gasteiger partial charge is 0.507 e. The molecule has 0 aliphatic carbocycles. The number of hydrogen-bond acceptors (Lipinski definition) is 4. The molecule has 0 spiro atoms. The lowest BCUT2D eigenvalue weighted by molar-refractivity contribution is -0.140. The molecule has 0 saturated heterocycles. The van der Waals surface area contributed by atoms with Crippen molar-refractivity contribution in [2.45, 2.75) is 52.5 Å². The van der Waals surface area contributed by atoms with Gasteiger partial charge in [0.25, 0.3) is 5.91 Å². The fraction of sp³-hybridized carbons (Fsp3) is 0.265. The zero-order valence-electron chi connectivity index (χ0n) is 23.9. The van der Waals surface area contributed by atoms with E-state index >= 15 is 0 Å². The first-order valence-electron chi connectivity index (χ1n) is 13.9. The van der Waals surface area contributed by atoms with Gasteiger partial charge in [0.1, 0.15) is 23.1 Å². The Morgan fingerprint density at radius 2 is 1.66 bits per heavy atom. The summed E-state index contributed by atoms with van der Waals surface area (Å²) < 4.78 is 0. The molecule has 7 heteroatoms. The molecule has 4 aromatic carbocycles. The molecule has 1 heterocycles. The number of carboxylic acid groups (broad SMARTS) is 1. The van der Waals surface area contributed by atoms with E-state index in [9.17, 15) is 19.8 Å². The highest BCUT2D eigenvalue weighted by molar-refractivity contribution is 6.11. The standard InChI is InChI=1S/C34H35N3O4/c1-6-19(2)29(33(40)41)37-32(39)24-17-22-12-15-26-30(28(22)27(38)18-24)36-31(35-26)23-9-7-8-21(16-23)20-10-13-25(14-11-20)34(3,4)5/h7-19,29,38H,6H2,1-5H3,(H,35,36)(H,37,39)(H,40,41). The minimum Gasteiger partial charge on any atom is -0.507 e. The van der Waals surface area contributed by atoms with Crippen molar-refractivity contribution in [1.29, 1.82) is 0 Å². The van der Waals surface area contributed by atoms with Gasteiger partial charge in [-0.1, -0.05) is 89.6 Å². The van der Waals surface area contributed by atoms with Crippen molar-refractivity contribution in [2.75, 3.05) is 0 Å². The summed E-state index contributed by atoms with van der Waals surface area (Å²) in [5.41, 5.74) is 5.98. The predicted octanol–water partition coefficient (Wildman–Crippen LogP) is 7.28. The molecular formula is C34H35N3O4. The Kier molecular flexibility index (Phi) is 7.30. The van der Waals surface area contributed by atoms with Gasteiger partial charge in [-0.2, -0.15) is 0 Å². The van der Waals surface area contributed by atoms with Gasteiger partial charge in [-0.15, -0.1) is 0 Å². The Morgan fingerprint density at radius 1 is 0.951 bits per heavy atom. The van der Waals surface area contributed by atoms with Gasteiger partial charge < -0.3 is 20.5 Å². The lowest BCUT2D eigenvalue weighted by Crippen LogP contribution is -2.45. The lowest BCUT2D eigenvalue weighted by Gasteiger charge is -2.20. The van der Waals surface area contributed by atoms with E-state index in [1.165, 1.54) is 11.6 Å². The number of amides is 1. The number of aromatic amines is 1. The first kappa shape index (κ1) is 27.9. The van der Waals surface area contributed by atoms with Crippen molar-refractivity contribution in [3.8, 4) is 28.3 Å². The van der Waals surface area contributed by atoms with Crippen LogP contribution in [0.5, 0.6) is 5.75 Å². The van der Waals surface area contributed by atoms with Crippen LogP contribution in [0.15, 0.2) is 72.8 Å². The second kappa shape index (κ2) is 10.7.